The van der Waals surface area contributed by atoms with Crippen molar-refractivity contribution < 1.29 is 43.2 Å². The largest absolute Gasteiger partial charge is 0.479 e. The fourth-order valence-corrected chi connectivity index (χ4v) is 1.25. The van der Waals surface area contributed by atoms with Gasteiger partial charge < -0.3 is 20.1 Å². The van der Waals surface area contributed by atoms with Crippen LogP contribution in [0.25, 0.3) is 0 Å². The van der Waals surface area contributed by atoms with Crippen LogP contribution in [0.3, 0.4) is 0 Å². The highest BCUT2D eigenvalue weighted by Crippen LogP contribution is 2.15. The average Bonchev–Trinajstić information content (AvgIpc) is 2.34. The monoisotopic (exact) mass is 290 g/mol. The number of aliphatic hydroxyl groups excluding tert-OH is 1. The maximum absolute atomic E-state index is 13.2. The number of carboxylic acids is 2. The van der Waals surface area contributed by atoms with Crippen molar-refractivity contribution in [3.05, 3.63) is 35.4 Å². The number of esters is 1. The first-order valence-electron chi connectivity index (χ1n) is 5.04. The minimum absolute atomic E-state index is 0.725. The van der Waals surface area contributed by atoms with Crippen molar-refractivity contribution in [2.45, 2.75) is 12.2 Å². The van der Waals surface area contributed by atoms with Crippen LogP contribution < -0.4 is 0 Å². The molecule has 2 atom stereocenters. The Morgan fingerprint density at radius 1 is 1.05 bits per heavy atom. The van der Waals surface area contributed by atoms with Crippen LogP contribution in [-0.4, -0.2) is 45.4 Å². The van der Waals surface area contributed by atoms with Gasteiger partial charge in [-0.15, -0.1) is 0 Å². The van der Waals surface area contributed by atoms with Gasteiger partial charge in [-0.1, -0.05) is 6.07 Å². The molecule has 0 aromatic heterocycles. The van der Waals surface area contributed by atoms with Gasteiger partial charge >= 0.3 is 17.9 Å². The lowest BCUT2D eigenvalue weighted by Crippen LogP contribution is -2.43. The summed E-state index contributed by atoms with van der Waals surface area (Å²) in [4.78, 5) is 32.6. The standard InChI is InChI=1S/C11H8F2O7/c12-4-2-1-3-5(13)6(4)11(19)20-8(10(17)18)7(14)9(15)16/h1-3,7-8,14H,(H,15,16)(H,17,18)/t7-,8-/m1/s1. The molecule has 0 aliphatic heterocycles. The molecule has 0 amide bonds. The topological polar surface area (TPSA) is 121 Å². The molecule has 0 fully saturated rings. The van der Waals surface area contributed by atoms with Gasteiger partial charge in [-0.05, 0) is 12.1 Å². The summed E-state index contributed by atoms with van der Waals surface area (Å²) in [5.74, 6) is -8.33. The van der Waals surface area contributed by atoms with Gasteiger partial charge in [0.1, 0.15) is 17.2 Å². The van der Waals surface area contributed by atoms with Gasteiger partial charge in [0.05, 0.1) is 0 Å². The van der Waals surface area contributed by atoms with Crippen LogP contribution in [0.15, 0.2) is 18.2 Å². The predicted octanol–water partition coefficient (Wildman–Crippen LogP) is 0.0203. The number of aliphatic carboxylic acids is 2. The van der Waals surface area contributed by atoms with E-state index in [1.807, 2.05) is 0 Å². The van der Waals surface area contributed by atoms with Crippen LogP contribution >= 0.6 is 0 Å². The van der Waals surface area contributed by atoms with Gasteiger partial charge in [0, 0.05) is 0 Å². The normalized spacial score (nSPS) is 13.3. The molecule has 9 heteroatoms. The molecule has 0 heterocycles. The first-order valence-corrected chi connectivity index (χ1v) is 5.04. The third-order valence-electron chi connectivity index (χ3n) is 2.18. The maximum Gasteiger partial charge on any atom is 0.348 e. The molecular formula is C11H8F2O7. The summed E-state index contributed by atoms with van der Waals surface area (Å²) in [7, 11) is 0. The fraction of sp³-hybridized carbons (Fsp3) is 0.182. The number of aliphatic hydroxyl groups is 1. The number of carbonyl (C=O) groups excluding carboxylic acids is 1. The summed E-state index contributed by atoms with van der Waals surface area (Å²) < 4.78 is 30.6. The number of ether oxygens (including phenoxy) is 1. The molecule has 0 radical (unpaired) electrons. The van der Waals surface area contributed by atoms with Crippen molar-refractivity contribution in [2.75, 3.05) is 0 Å². The Labute approximate surface area is 110 Å². The molecule has 1 aromatic rings. The van der Waals surface area contributed by atoms with Crippen molar-refractivity contribution >= 4 is 17.9 Å². The van der Waals surface area contributed by atoms with E-state index in [4.69, 9.17) is 15.3 Å². The van der Waals surface area contributed by atoms with Gasteiger partial charge in [-0.2, -0.15) is 0 Å². The summed E-state index contributed by atoms with van der Waals surface area (Å²) in [5.41, 5.74) is -1.18. The lowest BCUT2D eigenvalue weighted by atomic mass is 10.1. The van der Waals surface area contributed by atoms with Gasteiger partial charge in [0.15, 0.2) is 6.10 Å². The lowest BCUT2D eigenvalue weighted by molar-refractivity contribution is -0.166. The minimum atomic E-state index is -2.58. The van der Waals surface area contributed by atoms with Crippen molar-refractivity contribution in [2.24, 2.45) is 0 Å². The minimum Gasteiger partial charge on any atom is -0.479 e. The SMILES string of the molecule is O=C(O[C@@H](C(=O)O)[C@@H](O)C(=O)O)c1c(F)cccc1F. The Morgan fingerprint density at radius 3 is 1.95 bits per heavy atom. The molecule has 7 nitrogen and oxygen atoms in total. The Bertz CT molecular complexity index is 537. The second-order valence-corrected chi connectivity index (χ2v) is 3.54. The van der Waals surface area contributed by atoms with E-state index in [0.717, 1.165) is 18.2 Å². The molecule has 0 spiro atoms. The summed E-state index contributed by atoms with van der Waals surface area (Å²) >= 11 is 0. The van der Waals surface area contributed by atoms with Crippen LogP contribution in [0.5, 0.6) is 0 Å². The number of hydrogen-bond acceptors (Lipinski definition) is 5. The zero-order chi connectivity index (χ0) is 15.4. The van der Waals surface area contributed by atoms with E-state index in [-0.39, 0.29) is 0 Å². The Morgan fingerprint density at radius 2 is 1.55 bits per heavy atom. The average molecular weight is 290 g/mol. The number of hydrogen-bond donors (Lipinski definition) is 3. The quantitative estimate of drug-likeness (QED) is 0.653. The van der Waals surface area contributed by atoms with Crippen molar-refractivity contribution in [3.63, 3.8) is 0 Å². The van der Waals surface area contributed by atoms with E-state index in [9.17, 15) is 23.2 Å². The lowest BCUT2D eigenvalue weighted by Gasteiger charge is -2.16. The maximum atomic E-state index is 13.2. The van der Waals surface area contributed by atoms with E-state index in [1.54, 1.807) is 0 Å². The first kappa shape index (κ1) is 15.5. The Hall–Kier alpha value is -2.55. The molecular weight excluding hydrogens is 282 g/mol. The Balaban J connectivity index is 3.03. The van der Waals surface area contributed by atoms with E-state index in [1.165, 1.54) is 0 Å². The molecule has 108 valence electrons. The molecule has 1 rings (SSSR count). The summed E-state index contributed by atoms with van der Waals surface area (Å²) in [5, 5.41) is 26.1. The van der Waals surface area contributed by atoms with Crippen molar-refractivity contribution in [3.8, 4) is 0 Å². The Kier molecular flexibility index (Phi) is 4.70. The zero-order valence-electron chi connectivity index (χ0n) is 9.62. The van der Waals surface area contributed by atoms with E-state index in [0.29, 0.717) is 0 Å². The van der Waals surface area contributed by atoms with Gasteiger partial charge in [-0.25, -0.2) is 23.2 Å². The number of rotatable bonds is 5. The molecule has 0 aliphatic carbocycles. The second-order valence-electron chi connectivity index (χ2n) is 3.54. The van der Waals surface area contributed by atoms with Gasteiger partial charge in [0.25, 0.3) is 0 Å². The number of benzene rings is 1. The van der Waals surface area contributed by atoms with Crippen LogP contribution in [-0.2, 0) is 14.3 Å². The van der Waals surface area contributed by atoms with Crippen molar-refractivity contribution in [1.29, 1.82) is 0 Å². The molecule has 0 unspecified atom stereocenters. The molecule has 0 saturated heterocycles. The summed E-state index contributed by atoms with van der Waals surface area (Å²) in [6, 6.07) is 2.41. The summed E-state index contributed by atoms with van der Waals surface area (Å²) in [6.45, 7) is 0. The second kappa shape index (κ2) is 6.06. The molecule has 3 N–H and O–H groups in total. The highest BCUT2D eigenvalue weighted by atomic mass is 19.1. The molecule has 0 saturated carbocycles. The number of carboxylic acid groups (broad SMARTS) is 2. The van der Waals surface area contributed by atoms with Crippen LogP contribution in [0.4, 0.5) is 8.78 Å². The van der Waals surface area contributed by atoms with Crippen LogP contribution in [0.2, 0.25) is 0 Å². The number of carbonyl (C=O) groups is 3. The van der Waals surface area contributed by atoms with Crippen molar-refractivity contribution in [1.82, 2.24) is 0 Å². The van der Waals surface area contributed by atoms with E-state index < -0.39 is 47.3 Å². The van der Waals surface area contributed by atoms with Crippen LogP contribution in [0.1, 0.15) is 10.4 Å². The summed E-state index contributed by atoms with van der Waals surface area (Å²) in [6.07, 6.45) is -5.08. The highest BCUT2D eigenvalue weighted by molar-refractivity contribution is 5.93. The van der Waals surface area contributed by atoms with Gasteiger partial charge in [-0.3, -0.25) is 0 Å². The fourth-order valence-electron chi connectivity index (χ4n) is 1.25. The number of halogens is 2. The smallest absolute Gasteiger partial charge is 0.348 e. The zero-order valence-corrected chi connectivity index (χ0v) is 9.62. The highest BCUT2D eigenvalue weighted by Gasteiger charge is 2.37. The molecule has 20 heavy (non-hydrogen) atoms. The van der Waals surface area contributed by atoms with E-state index in [2.05, 4.69) is 4.74 Å². The van der Waals surface area contributed by atoms with E-state index >= 15 is 0 Å². The first-order chi connectivity index (χ1) is 9.25. The molecule has 0 aliphatic rings. The van der Waals surface area contributed by atoms with Gasteiger partial charge in [0.2, 0.25) is 6.10 Å². The third-order valence-corrected chi connectivity index (χ3v) is 2.18. The van der Waals surface area contributed by atoms with Crippen LogP contribution in [0, 0.1) is 11.6 Å². The molecule has 0 bridgehead atoms. The molecule has 1 aromatic carbocycles. The predicted molar refractivity (Wildman–Crippen MR) is 56.8 cm³/mol. The third kappa shape index (κ3) is 3.26.